The molecule has 1 aromatic rings. The number of carboxylic acids is 1. The molecule has 1 rings (SSSR count). The Morgan fingerprint density at radius 1 is 1.60 bits per heavy atom. The van der Waals surface area contributed by atoms with Crippen LogP contribution in [0.5, 0.6) is 0 Å². The molecule has 5 heteroatoms. The summed E-state index contributed by atoms with van der Waals surface area (Å²) < 4.78 is 4.85. The Labute approximate surface area is 87.9 Å². The first-order valence-electron chi connectivity index (χ1n) is 4.50. The highest BCUT2D eigenvalue weighted by Gasteiger charge is 2.09. The average molecular weight is 210 g/mol. The molecule has 5 nitrogen and oxygen atoms in total. The summed E-state index contributed by atoms with van der Waals surface area (Å²) in [4.78, 5) is 10.9. The number of nitrogens with one attached hydrogen (secondary N) is 1. The lowest BCUT2D eigenvalue weighted by molar-refractivity contribution is 0.0698. The maximum absolute atomic E-state index is 10.9. The van der Waals surface area contributed by atoms with Crippen LogP contribution in [-0.2, 0) is 4.74 Å². The van der Waals surface area contributed by atoms with Gasteiger partial charge in [0.25, 0.3) is 0 Å². The third-order valence-corrected chi connectivity index (χ3v) is 1.90. The van der Waals surface area contributed by atoms with Crippen LogP contribution in [-0.4, -0.2) is 31.3 Å². The molecule has 0 aromatic heterocycles. The van der Waals surface area contributed by atoms with Gasteiger partial charge in [0.2, 0.25) is 0 Å². The molecule has 15 heavy (non-hydrogen) atoms. The molecule has 0 aliphatic rings. The van der Waals surface area contributed by atoms with Gasteiger partial charge in [0.15, 0.2) is 0 Å². The van der Waals surface area contributed by atoms with Gasteiger partial charge in [0.05, 0.1) is 12.2 Å². The molecule has 0 aliphatic carbocycles. The number of aromatic carboxylic acids is 1. The van der Waals surface area contributed by atoms with Crippen LogP contribution < -0.4 is 11.1 Å². The number of hydrogen-bond acceptors (Lipinski definition) is 4. The fourth-order valence-corrected chi connectivity index (χ4v) is 1.18. The first-order chi connectivity index (χ1) is 7.15. The van der Waals surface area contributed by atoms with Crippen LogP contribution in [0, 0.1) is 0 Å². The summed E-state index contributed by atoms with van der Waals surface area (Å²) >= 11 is 0. The Bertz CT molecular complexity index is 353. The van der Waals surface area contributed by atoms with Gasteiger partial charge in [-0.2, -0.15) is 0 Å². The summed E-state index contributed by atoms with van der Waals surface area (Å²) in [7, 11) is 1.59. The normalized spacial score (nSPS) is 9.93. The third kappa shape index (κ3) is 3.14. The van der Waals surface area contributed by atoms with Crippen LogP contribution in [0.15, 0.2) is 18.2 Å². The zero-order valence-corrected chi connectivity index (χ0v) is 8.49. The van der Waals surface area contributed by atoms with Crippen LogP contribution in [0.4, 0.5) is 11.4 Å². The van der Waals surface area contributed by atoms with E-state index in [4.69, 9.17) is 15.6 Å². The number of ether oxygens (including phenoxy) is 1. The Balaban J connectivity index is 2.81. The van der Waals surface area contributed by atoms with E-state index in [-0.39, 0.29) is 5.56 Å². The number of methoxy groups -OCH3 is 1. The second-order valence-electron chi connectivity index (χ2n) is 3.03. The molecule has 0 saturated heterocycles. The van der Waals surface area contributed by atoms with Crippen LogP contribution in [0.25, 0.3) is 0 Å². The standard InChI is InChI=1S/C10H14N2O3/c1-15-5-4-12-9-3-2-7(11)6-8(9)10(13)14/h2-3,6,12H,4-5,11H2,1H3,(H,13,14). The van der Waals surface area contributed by atoms with E-state index in [0.717, 1.165) is 0 Å². The number of nitrogens with two attached hydrogens (primary N) is 1. The molecule has 0 radical (unpaired) electrons. The number of benzene rings is 1. The van der Waals surface area contributed by atoms with Crippen molar-refractivity contribution in [1.29, 1.82) is 0 Å². The molecular weight excluding hydrogens is 196 g/mol. The van der Waals surface area contributed by atoms with E-state index < -0.39 is 5.97 Å². The van der Waals surface area contributed by atoms with Gasteiger partial charge in [-0.05, 0) is 18.2 Å². The van der Waals surface area contributed by atoms with Crippen LogP contribution in [0.1, 0.15) is 10.4 Å². The van der Waals surface area contributed by atoms with Crippen molar-refractivity contribution in [2.75, 3.05) is 31.3 Å². The van der Waals surface area contributed by atoms with E-state index in [1.54, 1.807) is 19.2 Å². The summed E-state index contributed by atoms with van der Waals surface area (Å²) in [6.45, 7) is 1.07. The maximum Gasteiger partial charge on any atom is 0.337 e. The molecule has 0 heterocycles. The molecule has 0 bridgehead atoms. The number of rotatable bonds is 5. The molecule has 4 N–H and O–H groups in total. The Morgan fingerprint density at radius 3 is 2.93 bits per heavy atom. The van der Waals surface area contributed by atoms with Gasteiger partial charge >= 0.3 is 5.97 Å². The topological polar surface area (TPSA) is 84.6 Å². The lowest BCUT2D eigenvalue weighted by Crippen LogP contribution is -2.11. The minimum atomic E-state index is -0.998. The number of hydrogen-bond donors (Lipinski definition) is 3. The largest absolute Gasteiger partial charge is 0.478 e. The number of anilines is 2. The van der Waals surface area contributed by atoms with Crippen molar-refractivity contribution in [1.82, 2.24) is 0 Å². The summed E-state index contributed by atoms with van der Waals surface area (Å²) in [6.07, 6.45) is 0. The average Bonchev–Trinajstić information content (AvgIpc) is 2.20. The lowest BCUT2D eigenvalue weighted by Gasteiger charge is -2.09. The first kappa shape index (κ1) is 11.3. The molecule has 0 unspecified atom stereocenters. The molecule has 0 aliphatic heterocycles. The Hall–Kier alpha value is -1.75. The maximum atomic E-state index is 10.9. The number of carbonyl (C=O) groups is 1. The van der Waals surface area contributed by atoms with E-state index in [9.17, 15) is 4.79 Å². The zero-order valence-electron chi connectivity index (χ0n) is 8.49. The van der Waals surface area contributed by atoms with Gasteiger partial charge < -0.3 is 20.9 Å². The van der Waals surface area contributed by atoms with Crippen molar-refractivity contribution in [2.24, 2.45) is 0 Å². The monoisotopic (exact) mass is 210 g/mol. The fraction of sp³-hybridized carbons (Fsp3) is 0.300. The second-order valence-corrected chi connectivity index (χ2v) is 3.03. The van der Waals surface area contributed by atoms with Gasteiger partial charge in [0, 0.05) is 25.0 Å². The molecule has 0 amide bonds. The van der Waals surface area contributed by atoms with E-state index in [2.05, 4.69) is 5.32 Å². The van der Waals surface area contributed by atoms with E-state index in [0.29, 0.717) is 24.5 Å². The van der Waals surface area contributed by atoms with E-state index >= 15 is 0 Å². The SMILES string of the molecule is COCCNc1ccc(N)cc1C(=O)O. The second kappa shape index (κ2) is 5.21. The minimum absolute atomic E-state index is 0.172. The van der Waals surface area contributed by atoms with Gasteiger partial charge in [-0.3, -0.25) is 0 Å². The van der Waals surface area contributed by atoms with Gasteiger partial charge in [-0.15, -0.1) is 0 Å². The highest BCUT2D eigenvalue weighted by atomic mass is 16.5. The zero-order chi connectivity index (χ0) is 11.3. The van der Waals surface area contributed by atoms with Crippen molar-refractivity contribution >= 4 is 17.3 Å². The summed E-state index contributed by atoms with van der Waals surface area (Å²) in [5, 5.41) is 11.9. The Kier molecular flexibility index (Phi) is 3.93. The van der Waals surface area contributed by atoms with Crippen molar-refractivity contribution in [3.8, 4) is 0 Å². The molecule has 0 atom stereocenters. The summed E-state index contributed by atoms with van der Waals surface area (Å²) in [5.74, 6) is -0.998. The highest BCUT2D eigenvalue weighted by Crippen LogP contribution is 2.18. The van der Waals surface area contributed by atoms with E-state index in [1.165, 1.54) is 6.07 Å². The van der Waals surface area contributed by atoms with Gasteiger partial charge in [-0.1, -0.05) is 0 Å². The van der Waals surface area contributed by atoms with Crippen molar-refractivity contribution < 1.29 is 14.6 Å². The van der Waals surface area contributed by atoms with Crippen molar-refractivity contribution in [3.63, 3.8) is 0 Å². The number of nitrogen functional groups attached to an aromatic ring is 1. The van der Waals surface area contributed by atoms with Crippen LogP contribution >= 0.6 is 0 Å². The van der Waals surface area contributed by atoms with E-state index in [1.807, 2.05) is 0 Å². The van der Waals surface area contributed by atoms with Gasteiger partial charge in [0.1, 0.15) is 0 Å². The van der Waals surface area contributed by atoms with Crippen LogP contribution in [0.2, 0.25) is 0 Å². The lowest BCUT2D eigenvalue weighted by atomic mass is 10.1. The molecule has 0 saturated carbocycles. The molecular formula is C10H14N2O3. The van der Waals surface area contributed by atoms with Crippen molar-refractivity contribution in [3.05, 3.63) is 23.8 Å². The third-order valence-electron chi connectivity index (χ3n) is 1.90. The molecule has 82 valence electrons. The molecule has 0 spiro atoms. The predicted molar refractivity (Wildman–Crippen MR) is 58.2 cm³/mol. The van der Waals surface area contributed by atoms with Crippen molar-refractivity contribution in [2.45, 2.75) is 0 Å². The molecule has 0 fully saturated rings. The fourth-order valence-electron chi connectivity index (χ4n) is 1.18. The molecule has 1 aromatic carbocycles. The van der Waals surface area contributed by atoms with Gasteiger partial charge in [-0.25, -0.2) is 4.79 Å². The summed E-state index contributed by atoms with van der Waals surface area (Å²) in [6, 6.07) is 4.73. The van der Waals surface area contributed by atoms with Crippen LogP contribution in [0.3, 0.4) is 0 Å². The highest BCUT2D eigenvalue weighted by molar-refractivity contribution is 5.95. The summed E-state index contributed by atoms with van der Waals surface area (Å²) in [5.41, 5.74) is 6.66. The number of carboxylic acid groups (broad SMARTS) is 1. The quantitative estimate of drug-likeness (QED) is 0.499. The first-order valence-corrected chi connectivity index (χ1v) is 4.50. The smallest absolute Gasteiger partial charge is 0.337 e. The Morgan fingerprint density at radius 2 is 2.33 bits per heavy atom. The minimum Gasteiger partial charge on any atom is -0.478 e. The predicted octanol–water partition coefficient (Wildman–Crippen LogP) is 1.03.